The Hall–Kier alpha value is -1.06. The Labute approximate surface area is 71.7 Å². The molecule has 0 spiro atoms. The maximum atomic E-state index is 10.6. The molecule has 1 N–H and O–H groups in total. The monoisotopic (exact) mass is 190 g/mol. The normalized spacial score (nSPS) is 11.3. The van der Waals surface area contributed by atoms with Gasteiger partial charge >= 0.3 is 0 Å². The minimum absolute atomic E-state index is 0.0912. The van der Waals surface area contributed by atoms with Crippen LogP contribution in [-0.2, 0) is 14.4 Å². The number of hydrogen-bond acceptors (Lipinski definition) is 5. The van der Waals surface area contributed by atoms with Crippen LogP contribution in [-0.4, -0.2) is 14.2 Å². The van der Waals surface area contributed by atoms with Gasteiger partial charge in [0, 0.05) is 6.20 Å². The van der Waals surface area contributed by atoms with Crippen LogP contribution in [0.1, 0.15) is 13.3 Å². The smallest absolute Gasteiger partial charge is 0.257 e. The molecule has 6 heteroatoms. The predicted molar refractivity (Wildman–Crippen MR) is 43.1 cm³/mol. The van der Waals surface area contributed by atoms with Crippen molar-refractivity contribution in [3.8, 4) is 6.07 Å². The number of rotatable bonds is 5. The van der Waals surface area contributed by atoms with Gasteiger partial charge in [0.1, 0.15) is 0 Å². The molecule has 0 aliphatic rings. The van der Waals surface area contributed by atoms with Gasteiger partial charge in [-0.3, -0.25) is 5.48 Å². The molecule has 0 fully saturated rings. The van der Waals surface area contributed by atoms with E-state index in [9.17, 15) is 8.42 Å². The van der Waals surface area contributed by atoms with E-state index in [0.717, 1.165) is 0 Å². The molecule has 0 bridgehead atoms. The van der Waals surface area contributed by atoms with Crippen LogP contribution in [0.3, 0.4) is 0 Å². The van der Waals surface area contributed by atoms with Gasteiger partial charge in [-0.1, -0.05) is 6.08 Å². The summed E-state index contributed by atoms with van der Waals surface area (Å²) < 4.78 is 25.5. The SMILES string of the molecule is CCS(=O)(=O)ONC=CCC#N. The van der Waals surface area contributed by atoms with Crippen molar-refractivity contribution in [2.45, 2.75) is 13.3 Å². The van der Waals surface area contributed by atoms with E-state index in [1.165, 1.54) is 19.2 Å². The highest BCUT2D eigenvalue weighted by Crippen LogP contribution is 1.87. The Balaban J connectivity index is 3.65. The molecule has 5 nitrogen and oxygen atoms in total. The van der Waals surface area contributed by atoms with Gasteiger partial charge in [0.05, 0.1) is 18.2 Å². The molecular weight excluding hydrogens is 180 g/mol. The average molecular weight is 190 g/mol. The molecule has 0 rings (SSSR count). The molecule has 68 valence electrons. The Morgan fingerprint density at radius 2 is 2.33 bits per heavy atom. The Bertz CT molecular complexity index is 276. The molecule has 0 atom stereocenters. The molecule has 0 heterocycles. The molecule has 0 unspecified atom stereocenters. The summed E-state index contributed by atoms with van der Waals surface area (Å²) in [6.07, 6.45) is 2.92. The first kappa shape index (κ1) is 10.9. The van der Waals surface area contributed by atoms with Crippen LogP contribution in [0, 0.1) is 11.3 Å². The first-order valence-corrected chi connectivity index (χ1v) is 4.88. The zero-order valence-electron chi connectivity index (χ0n) is 6.65. The van der Waals surface area contributed by atoms with Gasteiger partial charge in [-0.2, -0.15) is 18.0 Å². The summed E-state index contributed by atoms with van der Waals surface area (Å²) in [5, 5.41) is 8.08. The third-order valence-corrected chi connectivity index (χ3v) is 1.98. The first-order chi connectivity index (χ1) is 5.62. The van der Waals surface area contributed by atoms with E-state index in [4.69, 9.17) is 5.26 Å². The Morgan fingerprint density at radius 1 is 1.67 bits per heavy atom. The minimum Gasteiger partial charge on any atom is -0.257 e. The molecule has 0 aromatic heterocycles. The lowest BCUT2D eigenvalue weighted by Gasteiger charge is -1.99. The molecule has 0 radical (unpaired) electrons. The summed E-state index contributed by atoms with van der Waals surface area (Å²) in [7, 11) is -3.45. The van der Waals surface area contributed by atoms with Crippen LogP contribution in [0.25, 0.3) is 0 Å². The van der Waals surface area contributed by atoms with Gasteiger partial charge in [-0.05, 0) is 6.92 Å². The summed E-state index contributed by atoms with van der Waals surface area (Å²) >= 11 is 0. The van der Waals surface area contributed by atoms with E-state index in [0.29, 0.717) is 0 Å². The quantitative estimate of drug-likeness (QED) is 0.630. The molecule has 0 aromatic carbocycles. The standard InChI is InChI=1S/C6H10N2O3S/c1-2-12(9,10)11-8-6-4-3-5-7/h4,6,8H,2-3H2,1H3. The second kappa shape index (κ2) is 5.57. The number of nitrogens with zero attached hydrogens (tertiary/aromatic N) is 1. The van der Waals surface area contributed by atoms with Crippen molar-refractivity contribution in [1.29, 1.82) is 5.26 Å². The number of hydrogen-bond donors (Lipinski definition) is 1. The lowest BCUT2D eigenvalue weighted by molar-refractivity contribution is 0.250. The van der Waals surface area contributed by atoms with E-state index in [-0.39, 0.29) is 12.2 Å². The summed E-state index contributed by atoms with van der Waals surface area (Å²) in [5.74, 6) is -0.0912. The van der Waals surface area contributed by atoms with Crippen LogP contribution in [0.5, 0.6) is 0 Å². The third kappa shape index (κ3) is 5.70. The highest BCUT2D eigenvalue weighted by atomic mass is 32.2. The Kier molecular flexibility index (Phi) is 5.08. The van der Waals surface area contributed by atoms with Crippen molar-refractivity contribution in [1.82, 2.24) is 5.48 Å². The molecule has 12 heavy (non-hydrogen) atoms. The van der Waals surface area contributed by atoms with Gasteiger partial charge in [-0.25, -0.2) is 0 Å². The average Bonchev–Trinajstić information content (AvgIpc) is 2.04. The third-order valence-electron chi connectivity index (χ3n) is 0.924. The molecule has 0 saturated carbocycles. The zero-order chi connectivity index (χ0) is 9.45. The van der Waals surface area contributed by atoms with Crippen molar-refractivity contribution in [2.24, 2.45) is 0 Å². The van der Waals surface area contributed by atoms with Gasteiger partial charge in [0.2, 0.25) is 0 Å². The van der Waals surface area contributed by atoms with Crippen LogP contribution in [0.2, 0.25) is 0 Å². The van der Waals surface area contributed by atoms with Gasteiger partial charge in [0.25, 0.3) is 10.1 Å². The van der Waals surface area contributed by atoms with Crippen LogP contribution >= 0.6 is 0 Å². The zero-order valence-corrected chi connectivity index (χ0v) is 7.47. The van der Waals surface area contributed by atoms with E-state index in [1.54, 1.807) is 0 Å². The fourth-order valence-electron chi connectivity index (χ4n) is 0.320. The lowest BCUT2D eigenvalue weighted by Crippen LogP contribution is -2.16. The van der Waals surface area contributed by atoms with Gasteiger partial charge in [0.15, 0.2) is 0 Å². The second-order valence-electron chi connectivity index (χ2n) is 1.81. The molecule has 0 saturated heterocycles. The highest BCUT2D eigenvalue weighted by molar-refractivity contribution is 7.86. The lowest BCUT2D eigenvalue weighted by atomic mass is 10.5. The Morgan fingerprint density at radius 3 is 2.83 bits per heavy atom. The van der Waals surface area contributed by atoms with E-state index in [2.05, 4.69) is 9.76 Å². The fourth-order valence-corrected chi connectivity index (χ4v) is 0.640. The topological polar surface area (TPSA) is 79.2 Å². The number of nitriles is 1. The first-order valence-electron chi connectivity index (χ1n) is 3.31. The fraction of sp³-hybridized carbons (Fsp3) is 0.500. The van der Waals surface area contributed by atoms with Crippen LogP contribution in [0.15, 0.2) is 12.3 Å². The van der Waals surface area contributed by atoms with E-state index in [1.807, 2.05) is 6.07 Å². The molecule has 0 amide bonds. The van der Waals surface area contributed by atoms with E-state index >= 15 is 0 Å². The van der Waals surface area contributed by atoms with Gasteiger partial charge in [-0.15, -0.1) is 0 Å². The van der Waals surface area contributed by atoms with Crippen molar-refractivity contribution in [2.75, 3.05) is 5.75 Å². The highest BCUT2D eigenvalue weighted by Gasteiger charge is 2.04. The summed E-state index contributed by atoms with van der Waals surface area (Å²) in [4.78, 5) is 0. The van der Waals surface area contributed by atoms with E-state index < -0.39 is 10.1 Å². The van der Waals surface area contributed by atoms with Crippen molar-refractivity contribution in [3.63, 3.8) is 0 Å². The van der Waals surface area contributed by atoms with Crippen LogP contribution in [0.4, 0.5) is 0 Å². The predicted octanol–water partition coefficient (Wildman–Crippen LogP) is 0.285. The summed E-state index contributed by atoms with van der Waals surface area (Å²) in [6.45, 7) is 1.47. The largest absolute Gasteiger partial charge is 0.287 e. The minimum atomic E-state index is -3.45. The number of allylic oxidation sites excluding steroid dienone is 1. The maximum absolute atomic E-state index is 10.6. The van der Waals surface area contributed by atoms with Crippen molar-refractivity contribution >= 4 is 10.1 Å². The van der Waals surface area contributed by atoms with Gasteiger partial charge < -0.3 is 0 Å². The number of nitrogens with one attached hydrogen (secondary N) is 1. The number of hydroxylamine groups is 1. The van der Waals surface area contributed by atoms with Crippen molar-refractivity contribution in [3.05, 3.63) is 12.3 Å². The molecular formula is C6H10N2O3S. The van der Waals surface area contributed by atoms with Crippen LogP contribution < -0.4 is 5.48 Å². The molecule has 0 aliphatic carbocycles. The molecule has 0 aromatic rings. The second-order valence-corrected chi connectivity index (χ2v) is 3.67. The maximum Gasteiger partial charge on any atom is 0.287 e. The summed E-state index contributed by atoms with van der Waals surface area (Å²) in [6, 6.07) is 1.85. The molecule has 0 aliphatic heterocycles. The summed E-state index contributed by atoms with van der Waals surface area (Å²) in [5.41, 5.74) is 2.09. The van der Waals surface area contributed by atoms with Crippen molar-refractivity contribution < 1.29 is 12.7 Å².